The van der Waals surface area contributed by atoms with Crippen molar-refractivity contribution in [3.63, 3.8) is 0 Å². The zero-order valence-corrected chi connectivity index (χ0v) is 27.3. The molecule has 0 aromatic heterocycles. The summed E-state index contributed by atoms with van der Waals surface area (Å²) in [5, 5.41) is 53.9. The van der Waals surface area contributed by atoms with Crippen LogP contribution in [-0.2, 0) is 24.0 Å². The number of carboxylic acids is 5. The van der Waals surface area contributed by atoms with Crippen molar-refractivity contribution in [3.8, 4) is 0 Å². The smallest absolute Gasteiger partial charge is 0.550 e. The van der Waals surface area contributed by atoms with E-state index in [2.05, 4.69) is 0 Å². The van der Waals surface area contributed by atoms with Gasteiger partial charge in [0.05, 0.1) is 24.5 Å². The van der Waals surface area contributed by atoms with Crippen LogP contribution in [0.5, 0.6) is 0 Å². The van der Waals surface area contributed by atoms with E-state index in [4.69, 9.17) is 0 Å². The largest absolute Gasteiger partial charge is 1.00 e. The summed E-state index contributed by atoms with van der Waals surface area (Å²) in [5.74, 6) is -6.79. The van der Waals surface area contributed by atoms with Crippen molar-refractivity contribution in [2.24, 2.45) is 0 Å². The molecule has 15 nitrogen and oxygen atoms in total. The first-order chi connectivity index (χ1) is 15.5. The van der Waals surface area contributed by atoms with Crippen LogP contribution in [0.3, 0.4) is 0 Å². The molecule has 18 heteroatoms. The van der Waals surface area contributed by atoms with E-state index in [1.54, 1.807) is 0 Å². The standard InChI is InChI=1S/C19H32N4O10.Gd.2Na.H2O/c24-15(25)2-1-14(19(32)33)23-9-7-21(12-17(28)29)5-3-20(11-16(26)27)4-6-22(8-10-23)13-18(30)31;;;;/h14H,1-13H2,(H,24,25)(H,26,27)(H,28,29)(H,30,31)(H,32,33);;;;1H2/q;;2*+1;/p-4. The molecule has 1 aliphatic rings. The van der Waals surface area contributed by atoms with Crippen LogP contribution in [0.25, 0.3) is 0 Å². The molecule has 1 rings (SSSR count). The Morgan fingerprint density at radius 3 is 1.30 bits per heavy atom. The van der Waals surface area contributed by atoms with E-state index < -0.39 is 55.4 Å². The van der Waals surface area contributed by atoms with Crippen molar-refractivity contribution < 1.29 is 154 Å². The average molecular weight is 694 g/mol. The van der Waals surface area contributed by atoms with Gasteiger partial charge in [-0.25, -0.2) is 0 Å². The fraction of sp³-hybridized carbons (Fsp3) is 0.737. The van der Waals surface area contributed by atoms with Crippen molar-refractivity contribution in [1.29, 1.82) is 0 Å². The minimum Gasteiger partial charge on any atom is -0.550 e. The first kappa shape index (κ1) is 44.5. The quantitative estimate of drug-likeness (QED) is 0.198. The second kappa shape index (κ2) is 24.3. The first-order valence-corrected chi connectivity index (χ1v) is 10.4. The summed E-state index contributed by atoms with van der Waals surface area (Å²) < 4.78 is 0. The third kappa shape index (κ3) is 21.0. The van der Waals surface area contributed by atoms with Gasteiger partial charge in [-0.2, -0.15) is 0 Å². The first-order valence-electron chi connectivity index (χ1n) is 10.4. The number of carbonyl (C=O) groups is 5. The molecule has 1 fully saturated rings. The molecule has 0 bridgehead atoms. The molecular weight excluding hydrogens is 663 g/mol. The molecule has 0 saturated carbocycles. The van der Waals surface area contributed by atoms with Crippen LogP contribution in [0.4, 0.5) is 0 Å². The van der Waals surface area contributed by atoms with Gasteiger partial charge in [-0.3, -0.25) is 24.4 Å². The molecule has 1 aliphatic heterocycles. The van der Waals surface area contributed by atoms with E-state index in [0.717, 1.165) is 0 Å². The Morgan fingerprint density at radius 1 is 0.649 bits per heavy atom. The minimum atomic E-state index is -1.51. The molecule has 0 aromatic carbocycles. The summed E-state index contributed by atoms with van der Waals surface area (Å²) in [6.45, 7) is -0.562. The molecule has 204 valence electrons. The van der Waals surface area contributed by atoms with E-state index in [9.17, 15) is 49.5 Å². The van der Waals surface area contributed by atoms with Crippen molar-refractivity contribution in [2.45, 2.75) is 18.9 Å². The van der Waals surface area contributed by atoms with Crippen LogP contribution < -0.4 is 79.5 Å². The second-order valence-electron chi connectivity index (χ2n) is 7.75. The maximum absolute atomic E-state index is 11.7. The van der Waals surface area contributed by atoms with Crippen molar-refractivity contribution >= 4 is 29.8 Å². The fourth-order valence-corrected chi connectivity index (χ4v) is 3.60. The van der Waals surface area contributed by atoms with E-state index in [-0.39, 0.29) is 170 Å². The topological polar surface area (TPSA) is 242 Å². The molecule has 1 atom stereocenters. The third-order valence-electron chi connectivity index (χ3n) is 5.27. The maximum Gasteiger partial charge on any atom is 1.00 e. The van der Waals surface area contributed by atoms with E-state index in [0.29, 0.717) is 0 Å². The van der Waals surface area contributed by atoms with Crippen LogP contribution in [0.2, 0.25) is 0 Å². The molecule has 0 spiro atoms. The zero-order chi connectivity index (χ0) is 25.0. The number of carbonyl (C=O) groups excluding carboxylic acids is 4. The second-order valence-corrected chi connectivity index (χ2v) is 7.75. The van der Waals surface area contributed by atoms with Gasteiger partial charge in [0, 0.05) is 117 Å². The van der Waals surface area contributed by atoms with E-state index in [1.807, 2.05) is 0 Å². The SMILES string of the molecule is O.O=C([O-])CCC(C(=O)[O-])N1CCN(CC(=O)[O-])CCN(CC(=O)[O-])CCN(CC(=O)O)CC1.[Gd].[Na+].[Na+]. The molecule has 1 saturated heterocycles. The number of rotatable bonds is 11. The summed E-state index contributed by atoms with van der Waals surface area (Å²) in [4.78, 5) is 61.8. The molecule has 0 amide bonds. The third-order valence-corrected chi connectivity index (χ3v) is 5.27. The summed E-state index contributed by atoms with van der Waals surface area (Å²) >= 11 is 0. The summed E-state index contributed by atoms with van der Waals surface area (Å²) in [7, 11) is 0. The van der Waals surface area contributed by atoms with Crippen LogP contribution in [0.15, 0.2) is 0 Å². The Bertz CT molecular complexity index is 692. The number of hydrogen-bond donors (Lipinski definition) is 1. The molecule has 3 N–H and O–H groups in total. The van der Waals surface area contributed by atoms with Gasteiger partial charge in [0.25, 0.3) is 0 Å². The van der Waals surface area contributed by atoms with E-state index in [1.165, 1.54) is 19.6 Å². The van der Waals surface area contributed by atoms with Crippen molar-refractivity contribution in [2.75, 3.05) is 72.0 Å². The number of hydrogen-bond acceptors (Lipinski definition) is 13. The predicted octanol–water partition coefficient (Wildman–Crippen LogP) is -14.4. The maximum atomic E-state index is 11.7. The van der Waals surface area contributed by atoms with Crippen molar-refractivity contribution in [1.82, 2.24) is 19.6 Å². The number of carboxylic acid groups (broad SMARTS) is 5. The Hall–Kier alpha value is 0.475. The predicted molar refractivity (Wildman–Crippen MR) is 105 cm³/mol. The zero-order valence-electron chi connectivity index (χ0n) is 21.0. The van der Waals surface area contributed by atoms with Crippen LogP contribution in [0.1, 0.15) is 12.8 Å². The van der Waals surface area contributed by atoms with Gasteiger partial charge in [0.15, 0.2) is 0 Å². The summed E-state index contributed by atoms with van der Waals surface area (Å²) in [5.41, 5.74) is 0. The Morgan fingerprint density at radius 2 is 1.00 bits per heavy atom. The van der Waals surface area contributed by atoms with Crippen LogP contribution >= 0.6 is 0 Å². The minimum absolute atomic E-state index is 0. The van der Waals surface area contributed by atoms with E-state index >= 15 is 0 Å². The molecule has 0 radical (unpaired) electrons. The van der Waals surface area contributed by atoms with Gasteiger partial charge in [0.2, 0.25) is 0 Å². The van der Waals surface area contributed by atoms with Crippen LogP contribution in [0, 0.1) is 39.9 Å². The molecule has 1 unspecified atom stereocenters. The van der Waals surface area contributed by atoms with Gasteiger partial charge in [-0.05, 0) is 12.8 Å². The van der Waals surface area contributed by atoms with Gasteiger partial charge < -0.3 is 50.2 Å². The normalized spacial score (nSPS) is 17.1. The monoisotopic (exact) mass is 694 g/mol. The average Bonchev–Trinajstić information content (AvgIpc) is 2.67. The Labute approximate surface area is 291 Å². The van der Waals surface area contributed by atoms with Gasteiger partial charge in [-0.1, -0.05) is 0 Å². The molecule has 37 heavy (non-hydrogen) atoms. The summed E-state index contributed by atoms with van der Waals surface area (Å²) in [6.07, 6.45) is -0.835. The fourth-order valence-electron chi connectivity index (χ4n) is 3.60. The Balaban J connectivity index is -0.00000136. The molecular formula is C19H30GdN4Na2O11-2. The number of nitrogens with zero attached hydrogens (tertiary/aromatic N) is 4. The van der Waals surface area contributed by atoms with Gasteiger partial charge >= 0.3 is 65.1 Å². The van der Waals surface area contributed by atoms with Gasteiger partial charge in [0.1, 0.15) is 0 Å². The molecule has 1 heterocycles. The number of aliphatic carboxylic acids is 5. The Kier molecular flexibility index (Phi) is 29.2. The van der Waals surface area contributed by atoms with Crippen molar-refractivity contribution in [3.05, 3.63) is 0 Å². The molecule has 0 aromatic rings. The van der Waals surface area contributed by atoms with Crippen LogP contribution in [-0.4, -0.2) is 138 Å². The van der Waals surface area contributed by atoms with Gasteiger partial charge in [-0.15, -0.1) is 0 Å². The summed E-state index contributed by atoms with van der Waals surface area (Å²) in [6, 6.07) is -1.31. The molecule has 0 aliphatic carbocycles.